The molecule has 0 aliphatic carbocycles. The molecule has 9 nitrogen and oxygen atoms in total. The number of rotatable bonds is 10. The Balaban J connectivity index is 1.86. The van der Waals surface area contributed by atoms with E-state index in [1.54, 1.807) is 0 Å². The summed E-state index contributed by atoms with van der Waals surface area (Å²) >= 11 is 0.970. The van der Waals surface area contributed by atoms with Crippen LogP contribution in [0.3, 0.4) is 0 Å². The van der Waals surface area contributed by atoms with Gasteiger partial charge in [0.15, 0.2) is 0 Å². The SMILES string of the molecule is CCS(=O)(=O)N(Cc1ncc(-c2nnc(C(F)F)o2)s1)c1cncc(OCC(F)F)c1. The first-order chi connectivity index (χ1) is 14.7. The van der Waals surface area contributed by atoms with Gasteiger partial charge in [-0.1, -0.05) is 0 Å². The Morgan fingerprint density at radius 1 is 1.19 bits per heavy atom. The summed E-state index contributed by atoms with van der Waals surface area (Å²) in [7, 11) is -3.82. The first-order valence-corrected chi connectivity index (χ1v) is 11.0. The minimum absolute atomic E-state index is 0.0284. The molecule has 0 N–H and O–H groups in total. The van der Waals surface area contributed by atoms with Gasteiger partial charge in [0.2, 0.25) is 10.0 Å². The molecule has 3 heterocycles. The zero-order valence-corrected chi connectivity index (χ0v) is 17.4. The molecule has 0 aromatic carbocycles. The quantitative estimate of drug-likeness (QED) is 0.405. The minimum atomic E-state index is -3.82. The summed E-state index contributed by atoms with van der Waals surface area (Å²) in [5, 5.41) is 7.05. The van der Waals surface area contributed by atoms with Gasteiger partial charge in [0, 0.05) is 6.07 Å². The molecule has 0 saturated carbocycles. The smallest absolute Gasteiger partial charge is 0.314 e. The molecule has 31 heavy (non-hydrogen) atoms. The molecular weight excluding hydrogens is 466 g/mol. The van der Waals surface area contributed by atoms with Crippen LogP contribution in [0.25, 0.3) is 10.8 Å². The second-order valence-corrected chi connectivity index (χ2v) is 9.15. The van der Waals surface area contributed by atoms with Crippen molar-refractivity contribution in [2.75, 3.05) is 16.7 Å². The lowest BCUT2D eigenvalue weighted by Crippen LogP contribution is -2.32. The highest BCUT2D eigenvalue weighted by molar-refractivity contribution is 7.92. The highest BCUT2D eigenvalue weighted by atomic mass is 32.2. The molecule has 0 bridgehead atoms. The van der Waals surface area contributed by atoms with Crippen LogP contribution in [-0.2, 0) is 16.6 Å². The van der Waals surface area contributed by atoms with Crippen LogP contribution >= 0.6 is 11.3 Å². The van der Waals surface area contributed by atoms with E-state index < -0.39 is 35.4 Å². The lowest BCUT2D eigenvalue weighted by atomic mass is 10.4. The maximum absolute atomic E-state index is 12.6. The molecule has 168 valence electrons. The van der Waals surface area contributed by atoms with Crippen molar-refractivity contribution in [3.8, 4) is 16.5 Å². The fourth-order valence-electron chi connectivity index (χ4n) is 2.32. The van der Waals surface area contributed by atoms with Gasteiger partial charge >= 0.3 is 6.43 Å². The third kappa shape index (κ3) is 5.66. The zero-order valence-electron chi connectivity index (χ0n) is 15.8. The second-order valence-electron chi connectivity index (χ2n) is 5.85. The molecule has 0 aliphatic rings. The summed E-state index contributed by atoms with van der Waals surface area (Å²) in [5.74, 6) is -1.30. The van der Waals surface area contributed by atoms with Gasteiger partial charge in [-0.15, -0.1) is 21.5 Å². The van der Waals surface area contributed by atoms with Crippen LogP contribution in [0.2, 0.25) is 0 Å². The molecule has 0 atom stereocenters. The van der Waals surface area contributed by atoms with Crippen LogP contribution < -0.4 is 9.04 Å². The number of aromatic nitrogens is 4. The lowest BCUT2D eigenvalue weighted by molar-refractivity contribution is 0.0817. The molecule has 0 radical (unpaired) electrons. The molecular formula is C16H15F4N5O4S2. The van der Waals surface area contributed by atoms with Crippen LogP contribution in [0.15, 0.2) is 29.1 Å². The van der Waals surface area contributed by atoms with Gasteiger partial charge in [-0.05, 0) is 6.92 Å². The highest BCUT2D eigenvalue weighted by Crippen LogP contribution is 2.30. The van der Waals surface area contributed by atoms with Crippen LogP contribution in [0.1, 0.15) is 24.2 Å². The largest absolute Gasteiger partial charge is 0.486 e. The van der Waals surface area contributed by atoms with Gasteiger partial charge in [0.05, 0.1) is 36.6 Å². The van der Waals surface area contributed by atoms with Gasteiger partial charge < -0.3 is 9.15 Å². The number of thiazole rings is 1. The average Bonchev–Trinajstić information content (AvgIpc) is 3.40. The molecule has 15 heteroatoms. The first kappa shape index (κ1) is 22.9. The minimum Gasteiger partial charge on any atom is -0.486 e. The maximum Gasteiger partial charge on any atom is 0.314 e. The second kappa shape index (κ2) is 9.55. The summed E-state index contributed by atoms with van der Waals surface area (Å²) in [6.07, 6.45) is -1.92. The Morgan fingerprint density at radius 2 is 1.97 bits per heavy atom. The molecule has 3 rings (SSSR count). The fraction of sp³-hybridized carbons (Fsp3) is 0.375. The number of halogens is 4. The predicted molar refractivity (Wildman–Crippen MR) is 102 cm³/mol. The number of hydrogen-bond acceptors (Lipinski definition) is 9. The van der Waals surface area contributed by atoms with E-state index in [2.05, 4.69) is 20.2 Å². The number of nitrogens with zero attached hydrogens (tertiary/aromatic N) is 5. The van der Waals surface area contributed by atoms with Crippen molar-refractivity contribution >= 4 is 27.0 Å². The van der Waals surface area contributed by atoms with E-state index in [1.807, 2.05) is 0 Å². The molecule has 0 fully saturated rings. The van der Waals surface area contributed by atoms with Gasteiger partial charge in [-0.2, -0.15) is 8.78 Å². The normalized spacial score (nSPS) is 12.0. The van der Waals surface area contributed by atoms with Crippen molar-refractivity contribution in [2.45, 2.75) is 26.3 Å². The van der Waals surface area contributed by atoms with E-state index in [4.69, 9.17) is 9.15 Å². The van der Waals surface area contributed by atoms with Crippen molar-refractivity contribution < 1.29 is 35.1 Å². The topological polar surface area (TPSA) is 111 Å². The Hall–Kier alpha value is -2.81. The van der Waals surface area contributed by atoms with Crippen molar-refractivity contribution in [1.29, 1.82) is 0 Å². The van der Waals surface area contributed by atoms with E-state index in [-0.39, 0.29) is 34.5 Å². The zero-order chi connectivity index (χ0) is 22.6. The van der Waals surface area contributed by atoms with Gasteiger partial charge in [0.1, 0.15) is 22.2 Å². The Morgan fingerprint density at radius 3 is 2.61 bits per heavy atom. The van der Waals surface area contributed by atoms with Crippen molar-refractivity contribution in [2.24, 2.45) is 0 Å². The van der Waals surface area contributed by atoms with E-state index in [9.17, 15) is 26.0 Å². The standard InChI is InChI=1S/C16H15F4N5O4S2/c1-2-31(26,27)25(9-3-10(5-21-4-9)28-8-12(17)18)7-13-22-6-11(30-13)15-23-24-16(29-15)14(19)20/h3-6,12,14H,2,7-8H2,1H3. The van der Waals surface area contributed by atoms with Crippen molar-refractivity contribution in [3.05, 3.63) is 35.6 Å². The van der Waals surface area contributed by atoms with Crippen molar-refractivity contribution in [3.63, 3.8) is 0 Å². The number of ether oxygens (including phenoxy) is 1. The summed E-state index contributed by atoms with van der Waals surface area (Å²) in [6, 6.07) is 1.27. The molecule has 0 saturated heterocycles. The number of pyridine rings is 1. The number of hydrogen-bond donors (Lipinski definition) is 0. The molecule has 0 unspecified atom stereocenters. The fourth-order valence-corrected chi connectivity index (χ4v) is 4.28. The molecule has 0 amide bonds. The third-order valence-corrected chi connectivity index (χ3v) is 6.44. The Labute approximate surface area is 177 Å². The van der Waals surface area contributed by atoms with Gasteiger partial charge in [-0.25, -0.2) is 22.2 Å². The van der Waals surface area contributed by atoms with E-state index in [0.29, 0.717) is 5.01 Å². The molecule has 0 aliphatic heterocycles. The maximum atomic E-state index is 12.6. The Kier molecular flexibility index (Phi) is 7.04. The van der Waals surface area contributed by atoms with Crippen molar-refractivity contribution in [1.82, 2.24) is 20.2 Å². The van der Waals surface area contributed by atoms with E-state index >= 15 is 0 Å². The van der Waals surface area contributed by atoms with Crippen LogP contribution in [-0.4, -0.2) is 47.4 Å². The summed E-state index contributed by atoms with van der Waals surface area (Å²) in [4.78, 5) is 8.21. The van der Waals surface area contributed by atoms with Gasteiger partial charge in [-0.3, -0.25) is 9.29 Å². The van der Waals surface area contributed by atoms with Crippen LogP contribution in [0, 0.1) is 0 Å². The summed E-state index contributed by atoms with van der Waals surface area (Å²) < 4.78 is 86.0. The number of anilines is 1. The van der Waals surface area contributed by atoms with Crippen LogP contribution in [0.4, 0.5) is 23.2 Å². The molecule has 3 aromatic rings. The number of alkyl halides is 4. The van der Waals surface area contributed by atoms with E-state index in [1.165, 1.54) is 31.6 Å². The average molecular weight is 481 g/mol. The van der Waals surface area contributed by atoms with Gasteiger partial charge in [0.25, 0.3) is 18.2 Å². The first-order valence-electron chi connectivity index (χ1n) is 8.62. The summed E-state index contributed by atoms with van der Waals surface area (Å²) in [6.45, 7) is 0.341. The van der Waals surface area contributed by atoms with E-state index in [0.717, 1.165) is 15.6 Å². The third-order valence-electron chi connectivity index (χ3n) is 3.73. The molecule has 3 aromatic heterocycles. The summed E-state index contributed by atoms with van der Waals surface area (Å²) in [5.41, 5.74) is 0.0862. The predicted octanol–water partition coefficient (Wildman–Crippen LogP) is 3.53. The van der Waals surface area contributed by atoms with Crippen LogP contribution in [0.5, 0.6) is 5.75 Å². The number of sulfonamides is 1. The monoisotopic (exact) mass is 481 g/mol. The Bertz CT molecular complexity index is 1120. The molecule has 0 spiro atoms. The highest BCUT2D eigenvalue weighted by Gasteiger charge is 2.24. The lowest BCUT2D eigenvalue weighted by Gasteiger charge is -2.23.